The van der Waals surface area contributed by atoms with Crippen LogP contribution in [0.25, 0.3) is 0 Å². The Labute approximate surface area is 204 Å². The molecular formula is C23H47NaO4S. The van der Waals surface area contributed by atoms with Crippen LogP contribution in [0.5, 0.6) is 0 Å². The summed E-state index contributed by atoms with van der Waals surface area (Å²) in [6.45, 7) is 4.39. The van der Waals surface area contributed by atoms with E-state index < -0.39 is 15.4 Å². The standard InChI is InChI=1S/C23H48O4S.Na/c1-3-5-7-9-10-12-16-20-23(28(25,26)27)21-17-13-15-19-22(24)18-14-11-8-6-4-2;/h22-24H,3-21H2,1-2H3,(H,25,26,27);/q;+1/p-1. The van der Waals surface area contributed by atoms with Gasteiger partial charge in [0.15, 0.2) is 0 Å². The van der Waals surface area contributed by atoms with E-state index in [1.807, 2.05) is 0 Å². The molecule has 0 amide bonds. The summed E-state index contributed by atoms with van der Waals surface area (Å²) in [5.74, 6) is 0. The zero-order valence-corrected chi connectivity index (χ0v) is 22.5. The van der Waals surface area contributed by atoms with Crippen LogP contribution in [0, 0.1) is 0 Å². The van der Waals surface area contributed by atoms with Crippen molar-refractivity contribution in [1.29, 1.82) is 0 Å². The predicted octanol–water partition coefficient (Wildman–Crippen LogP) is 3.72. The van der Waals surface area contributed by atoms with Crippen molar-refractivity contribution in [3.63, 3.8) is 0 Å². The minimum Gasteiger partial charge on any atom is -0.748 e. The van der Waals surface area contributed by atoms with Gasteiger partial charge >= 0.3 is 29.6 Å². The van der Waals surface area contributed by atoms with Crippen LogP contribution in [0.2, 0.25) is 0 Å². The first-order chi connectivity index (χ1) is 13.4. The molecule has 0 heterocycles. The van der Waals surface area contributed by atoms with Crippen LogP contribution in [0.3, 0.4) is 0 Å². The number of rotatable bonds is 21. The molecule has 0 aromatic carbocycles. The van der Waals surface area contributed by atoms with Gasteiger partial charge in [-0.2, -0.15) is 0 Å². The van der Waals surface area contributed by atoms with Gasteiger partial charge in [-0.3, -0.25) is 0 Å². The second-order valence-corrected chi connectivity index (χ2v) is 10.2. The third kappa shape index (κ3) is 21.9. The van der Waals surface area contributed by atoms with Gasteiger partial charge in [-0.05, 0) is 25.7 Å². The third-order valence-electron chi connectivity index (χ3n) is 5.74. The molecule has 0 saturated carbocycles. The summed E-state index contributed by atoms with van der Waals surface area (Å²) < 4.78 is 34.5. The summed E-state index contributed by atoms with van der Waals surface area (Å²) in [5, 5.41) is 9.30. The third-order valence-corrected chi connectivity index (χ3v) is 7.03. The molecule has 0 aliphatic heterocycles. The average Bonchev–Trinajstić information content (AvgIpc) is 2.64. The Morgan fingerprint density at radius 2 is 0.931 bits per heavy atom. The van der Waals surface area contributed by atoms with Crippen molar-refractivity contribution in [3.8, 4) is 0 Å². The zero-order chi connectivity index (χ0) is 21.1. The largest absolute Gasteiger partial charge is 1.00 e. The van der Waals surface area contributed by atoms with Crippen LogP contribution < -0.4 is 29.6 Å². The summed E-state index contributed by atoms with van der Waals surface area (Å²) >= 11 is 0. The van der Waals surface area contributed by atoms with Crippen molar-refractivity contribution in [2.24, 2.45) is 0 Å². The van der Waals surface area contributed by atoms with Gasteiger partial charge in [0.1, 0.15) is 0 Å². The Morgan fingerprint density at radius 3 is 1.31 bits per heavy atom. The van der Waals surface area contributed by atoms with Crippen LogP contribution >= 0.6 is 0 Å². The first-order valence-electron chi connectivity index (χ1n) is 12.0. The fourth-order valence-corrected chi connectivity index (χ4v) is 4.73. The van der Waals surface area contributed by atoms with Crippen LogP contribution in [0.4, 0.5) is 0 Å². The van der Waals surface area contributed by atoms with E-state index in [4.69, 9.17) is 0 Å². The van der Waals surface area contributed by atoms with E-state index in [0.29, 0.717) is 12.8 Å². The van der Waals surface area contributed by atoms with Crippen molar-refractivity contribution >= 4 is 10.1 Å². The first-order valence-corrected chi connectivity index (χ1v) is 13.5. The molecule has 0 rings (SSSR count). The summed E-state index contributed by atoms with van der Waals surface area (Å²) in [6.07, 6.45) is 19.1. The summed E-state index contributed by atoms with van der Waals surface area (Å²) in [7, 11) is -4.19. The van der Waals surface area contributed by atoms with E-state index in [1.54, 1.807) is 0 Å². The molecule has 0 spiro atoms. The van der Waals surface area contributed by atoms with Crippen LogP contribution in [0.1, 0.15) is 136 Å². The fraction of sp³-hybridized carbons (Fsp3) is 1.00. The van der Waals surface area contributed by atoms with Gasteiger partial charge in [-0.25, -0.2) is 8.42 Å². The molecule has 4 nitrogen and oxygen atoms in total. The minimum atomic E-state index is -4.19. The van der Waals surface area contributed by atoms with Gasteiger partial charge < -0.3 is 9.66 Å². The Morgan fingerprint density at radius 1 is 0.621 bits per heavy atom. The normalized spacial score (nSPS) is 13.8. The van der Waals surface area contributed by atoms with Gasteiger partial charge in [-0.15, -0.1) is 0 Å². The van der Waals surface area contributed by atoms with Gasteiger partial charge in [-0.1, -0.05) is 110 Å². The smallest absolute Gasteiger partial charge is 0.748 e. The molecule has 2 atom stereocenters. The van der Waals surface area contributed by atoms with E-state index >= 15 is 0 Å². The number of unbranched alkanes of at least 4 members (excludes halogenated alkanes) is 12. The maximum Gasteiger partial charge on any atom is 1.00 e. The Hall–Kier alpha value is 0.870. The van der Waals surface area contributed by atoms with Crippen LogP contribution in [-0.2, 0) is 10.1 Å². The zero-order valence-electron chi connectivity index (χ0n) is 19.7. The predicted molar refractivity (Wildman–Crippen MR) is 119 cm³/mol. The molecule has 29 heavy (non-hydrogen) atoms. The molecule has 0 fully saturated rings. The number of aliphatic hydroxyl groups is 1. The van der Waals surface area contributed by atoms with Crippen molar-refractivity contribution in [3.05, 3.63) is 0 Å². The van der Waals surface area contributed by atoms with Gasteiger partial charge in [0, 0.05) is 5.25 Å². The Kier molecular flexibility index (Phi) is 24.4. The van der Waals surface area contributed by atoms with Crippen LogP contribution in [-0.4, -0.2) is 29.4 Å². The van der Waals surface area contributed by atoms with Crippen molar-refractivity contribution in [1.82, 2.24) is 0 Å². The van der Waals surface area contributed by atoms with Crippen molar-refractivity contribution < 1.29 is 47.6 Å². The molecule has 0 saturated heterocycles. The van der Waals surface area contributed by atoms with E-state index in [0.717, 1.165) is 57.8 Å². The van der Waals surface area contributed by atoms with E-state index in [9.17, 15) is 18.1 Å². The topological polar surface area (TPSA) is 77.4 Å². The Balaban J connectivity index is 0. The number of hydrogen-bond acceptors (Lipinski definition) is 4. The molecule has 2 unspecified atom stereocenters. The van der Waals surface area contributed by atoms with Gasteiger partial charge in [0.05, 0.1) is 16.2 Å². The summed E-state index contributed by atoms with van der Waals surface area (Å²) in [6, 6.07) is 0. The second kappa shape index (κ2) is 22.1. The molecular weight excluding hydrogens is 395 g/mol. The molecule has 0 radical (unpaired) electrons. The Bertz CT molecular complexity index is 429. The van der Waals surface area contributed by atoms with Gasteiger partial charge in [0.25, 0.3) is 0 Å². The summed E-state index contributed by atoms with van der Waals surface area (Å²) in [5.41, 5.74) is 0. The molecule has 170 valence electrons. The average molecular weight is 443 g/mol. The number of hydrogen-bond donors (Lipinski definition) is 1. The van der Waals surface area contributed by atoms with E-state index in [-0.39, 0.29) is 35.7 Å². The quantitative estimate of drug-likeness (QED) is 0.167. The van der Waals surface area contributed by atoms with Gasteiger partial charge in [0.2, 0.25) is 0 Å². The maximum absolute atomic E-state index is 11.5. The first kappa shape index (κ1) is 32.1. The van der Waals surface area contributed by atoms with Crippen molar-refractivity contribution in [2.45, 2.75) is 147 Å². The molecule has 0 aromatic rings. The minimum absolute atomic E-state index is 0. The molecule has 0 bridgehead atoms. The maximum atomic E-state index is 11.5. The molecule has 6 heteroatoms. The fourth-order valence-electron chi connectivity index (χ4n) is 3.82. The number of aliphatic hydroxyl groups excluding tert-OH is 1. The molecule has 0 aliphatic carbocycles. The monoisotopic (exact) mass is 442 g/mol. The van der Waals surface area contributed by atoms with Crippen LogP contribution in [0.15, 0.2) is 0 Å². The molecule has 0 aliphatic rings. The summed E-state index contributed by atoms with van der Waals surface area (Å²) in [4.78, 5) is 0. The van der Waals surface area contributed by atoms with Crippen molar-refractivity contribution in [2.75, 3.05) is 0 Å². The SMILES string of the molecule is CCCCCCCCCC(CCCCCC(O)CCCCCCC)S(=O)(=O)[O-].[Na+]. The van der Waals surface area contributed by atoms with E-state index in [1.165, 1.54) is 51.4 Å². The molecule has 1 N–H and O–H groups in total. The second-order valence-electron chi connectivity index (χ2n) is 8.52. The van der Waals surface area contributed by atoms with E-state index in [2.05, 4.69) is 13.8 Å². The molecule has 0 aromatic heterocycles.